The van der Waals surface area contributed by atoms with Crippen molar-refractivity contribution < 1.29 is 19.1 Å². The van der Waals surface area contributed by atoms with Crippen molar-refractivity contribution in [3.05, 3.63) is 71.8 Å². The summed E-state index contributed by atoms with van der Waals surface area (Å²) >= 11 is 0. The van der Waals surface area contributed by atoms with E-state index in [0.29, 0.717) is 0 Å². The fraction of sp³-hybridized carbons (Fsp3) is 0.211. The second-order valence-electron chi connectivity index (χ2n) is 5.50. The third kappa shape index (κ3) is 6.22. The van der Waals surface area contributed by atoms with Gasteiger partial charge in [-0.2, -0.15) is 0 Å². The second-order valence-corrected chi connectivity index (χ2v) is 5.50. The minimum atomic E-state index is -0.887. The van der Waals surface area contributed by atoms with Crippen LogP contribution in [0.25, 0.3) is 0 Å². The Hall–Kier alpha value is -4.35. The normalized spacial score (nSPS) is 10.7. The molecular weight excluding hydrogens is 591 g/mol. The van der Waals surface area contributed by atoms with Gasteiger partial charge in [-0.25, -0.2) is 9.59 Å². The number of hydrogen-bond donors (Lipinski definition) is 2. The number of urea groups is 1. The molecule has 0 aliphatic heterocycles. The van der Waals surface area contributed by atoms with Crippen LogP contribution in [-0.2, 0) is 27.3 Å². The van der Waals surface area contributed by atoms with E-state index in [-0.39, 0.29) is 13.0 Å². The molecule has 0 saturated carbocycles. The minimum Gasteiger partial charge on any atom is -0.518 e. The van der Waals surface area contributed by atoms with Crippen molar-refractivity contribution in [3.8, 4) is 0 Å². The summed E-state index contributed by atoms with van der Waals surface area (Å²) in [6, 6.07) is 16.8. The molecule has 1 atom stereocenters. The van der Waals surface area contributed by atoms with Crippen LogP contribution in [0.15, 0.2) is 60.7 Å². The molecule has 148 valence electrons. The van der Waals surface area contributed by atoms with Crippen molar-refractivity contribution in [2.24, 2.45) is 0 Å². The molecule has 0 fully saturated rings. The Morgan fingerprint density at radius 1 is 1.04 bits per heavy atom. The van der Waals surface area contributed by atoms with Crippen LogP contribution in [0, 0.1) is 0 Å². The minimum absolute atomic E-state index is 0. The van der Waals surface area contributed by atoms with E-state index in [1.54, 1.807) is 0 Å². The number of amides is 3. The van der Waals surface area contributed by atoms with Gasteiger partial charge in [0.2, 0.25) is 0 Å². The number of esters is 1. The number of hydrazine groups is 1. The summed E-state index contributed by atoms with van der Waals surface area (Å²) in [5, 5.41) is 3.64. The first kappa shape index (κ1) is 20.7. The number of nitrogens with zero attached hydrogens (tertiary/aromatic N) is 1. The van der Waals surface area contributed by atoms with Gasteiger partial charge < -0.3 is 20.3 Å². The Labute approximate surface area is 151 Å². The number of benzene rings is 2. The summed E-state index contributed by atoms with van der Waals surface area (Å²) in [7, 11) is 1.26. The molecule has 0 spiro atoms. The molecule has 0 aromatic heterocycles. The molecule has 7 nitrogen and oxygen atoms in total. The molecule has 0 aliphatic carbocycles. The number of carbonyl (C=O) groups is 2. The maximum atomic E-state index is 12.5. The van der Waals surface area contributed by atoms with Crippen LogP contribution in [0.4, 0.5) is 4.79 Å². The van der Waals surface area contributed by atoms with Gasteiger partial charge in [0.05, 0.1) is 13.7 Å². The van der Waals surface area contributed by atoms with Gasteiger partial charge in [-0.1, -0.05) is 60.7 Å². The van der Waals surface area contributed by atoms with Crippen LogP contribution in [0.3, 0.4) is 0 Å². The van der Waals surface area contributed by atoms with Crippen molar-refractivity contribution >= 4 is 18.4 Å². The standard InChI is InChI=1S/C19H20N3O4.Fm/c1-26-18(24)17(12-15-8-4-2-5-9-15)21-19(25)22(20-14-23)13-16-10-6-3-7-11-16;/h2-11,17H,12-13H2,1H3,(H,20,23)(H,21,25);/q-1;. The first-order valence-electron chi connectivity index (χ1n) is 8.00. The molecule has 2 N–H and O–H groups in total. The van der Waals surface area contributed by atoms with Crippen LogP contribution in [-0.4, -0.2) is 36.6 Å². The smallest absolute Gasteiger partial charge is 0.334 e. The van der Waals surface area contributed by atoms with Crippen molar-refractivity contribution in [3.63, 3.8) is 0 Å². The molecule has 0 heterocycles. The number of methoxy groups -OCH3 is 1. The Bertz CT molecular complexity index is 728. The van der Waals surface area contributed by atoms with Crippen molar-refractivity contribution in [1.82, 2.24) is 15.8 Å². The zero-order valence-corrected chi connectivity index (χ0v) is 17.0. The average molecular weight is 611 g/mol. The Morgan fingerprint density at radius 3 is 2.11 bits per heavy atom. The number of nitrogens with one attached hydrogen (secondary N) is 2. The maximum Gasteiger partial charge on any atom is 0.334 e. The summed E-state index contributed by atoms with van der Waals surface area (Å²) in [4.78, 5) is 35.3. The molecule has 1 unspecified atom stereocenters. The Balaban J connectivity index is 0.00000364. The molecule has 27 heavy (non-hydrogen) atoms. The number of rotatable bonds is 8. The third-order valence-corrected chi connectivity index (χ3v) is 3.68. The van der Waals surface area contributed by atoms with E-state index in [4.69, 9.17) is 4.74 Å². The molecule has 8 heteroatoms. The van der Waals surface area contributed by atoms with Gasteiger partial charge in [-0.05, 0) is 11.1 Å². The molecule has 0 saturated heterocycles. The van der Waals surface area contributed by atoms with Crippen LogP contribution in [0.2, 0.25) is 0 Å². The van der Waals surface area contributed by atoms with Crippen molar-refractivity contribution in [2.45, 2.75) is 19.0 Å². The van der Waals surface area contributed by atoms with Gasteiger partial charge in [0.1, 0.15) is 6.04 Å². The van der Waals surface area contributed by atoms with Crippen LogP contribution in [0.5, 0.6) is 0 Å². The predicted octanol–water partition coefficient (Wildman–Crippen LogP) is 1.55. The quantitative estimate of drug-likeness (QED) is 0.206. The van der Waals surface area contributed by atoms with E-state index >= 15 is 0 Å². The summed E-state index contributed by atoms with van der Waals surface area (Å²) < 4.78 is 4.77. The van der Waals surface area contributed by atoms with Gasteiger partial charge in [-0.15, -0.1) is 6.41 Å². The van der Waals surface area contributed by atoms with Gasteiger partial charge in [0.25, 0.3) is 0 Å². The molecule has 0 bridgehead atoms. The fourth-order valence-electron chi connectivity index (χ4n) is 2.40. The number of carbonyl (C=O) groups excluding carboxylic acids is 3. The van der Waals surface area contributed by atoms with Gasteiger partial charge in [0.15, 0.2) is 0 Å². The first-order chi connectivity index (χ1) is 12.6. The second kappa shape index (κ2) is 10.5. The zero-order chi connectivity index (χ0) is 18.8. The Morgan fingerprint density at radius 2 is 1.59 bits per heavy atom. The van der Waals surface area contributed by atoms with Crippen molar-refractivity contribution in [1.29, 1.82) is 0 Å². The van der Waals surface area contributed by atoms with E-state index in [9.17, 15) is 14.4 Å². The molecule has 2 aromatic carbocycles. The van der Waals surface area contributed by atoms with Gasteiger partial charge in [0, 0.05) is 6.42 Å². The van der Waals surface area contributed by atoms with E-state index in [1.807, 2.05) is 60.7 Å². The van der Waals surface area contributed by atoms with Crippen molar-refractivity contribution in [2.75, 3.05) is 7.11 Å². The Kier molecular flexibility index (Phi) is 8.05. The summed E-state index contributed by atoms with van der Waals surface area (Å²) in [6.45, 7) is 0.126. The van der Waals surface area contributed by atoms with Gasteiger partial charge in [-0.3, -0.25) is 5.01 Å². The monoisotopic (exact) mass is 611 g/mol. The zero-order valence-electron chi connectivity index (χ0n) is 14.6. The number of ether oxygens (including phenoxy) is 1. The summed E-state index contributed by atoms with van der Waals surface area (Å²) in [5.74, 6) is -0.572. The number of hydrogen-bond acceptors (Lipinski definition) is 4. The molecule has 3 amide bonds. The maximum absolute atomic E-state index is 12.5. The average Bonchev–Trinajstić information content (AvgIpc) is 2.68. The molecule has 2 aromatic rings. The van der Waals surface area contributed by atoms with Crippen LogP contribution in [0.1, 0.15) is 11.1 Å². The SMILES string of the molecule is COC(=O)C(Cc1ccccc1)NC(=O)N(Cc1ccccc1)N[C-]=O.[Fm]. The van der Waals surface area contributed by atoms with Crippen LogP contribution >= 0.6 is 0 Å². The van der Waals surface area contributed by atoms with E-state index in [0.717, 1.165) is 16.1 Å². The fourth-order valence-corrected chi connectivity index (χ4v) is 2.40. The van der Waals surface area contributed by atoms with Crippen LogP contribution < -0.4 is 10.7 Å². The summed E-state index contributed by atoms with van der Waals surface area (Å²) in [5.41, 5.74) is 3.90. The van der Waals surface area contributed by atoms with Gasteiger partial charge >= 0.3 is 12.0 Å². The largest absolute Gasteiger partial charge is 0.518 e. The summed E-state index contributed by atoms with van der Waals surface area (Å²) in [6.07, 6.45) is 1.75. The predicted molar refractivity (Wildman–Crippen MR) is 95.3 cm³/mol. The molecule has 2 rings (SSSR count). The third-order valence-electron chi connectivity index (χ3n) is 3.68. The topological polar surface area (TPSA) is 87.7 Å². The van der Waals surface area contributed by atoms with E-state index in [1.165, 1.54) is 13.5 Å². The molecular formula is C19H20FmN3O4-. The van der Waals surface area contributed by atoms with E-state index < -0.39 is 18.0 Å². The van der Waals surface area contributed by atoms with E-state index in [2.05, 4.69) is 10.7 Å². The molecule has 0 radical (unpaired) electrons. The molecule has 0 aliphatic rings. The first-order valence-corrected chi connectivity index (χ1v) is 8.00.